The number of nitrogens with zero attached hydrogens (tertiary/aromatic N) is 4. The van der Waals surface area contributed by atoms with E-state index in [2.05, 4.69) is 77.4 Å². The molecule has 0 bridgehead atoms. The Bertz CT molecular complexity index is 705. The topological polar surface area (TPSA) is 43.2 Å². The predicted molar refractivity (Wildman–Crippen MR) is 105 cm³/mol. The molecule has 138 valence electrons. The van der Waals surface area contributed by atoms with Crippen molar-refractivity contribution in [2.75, 3.05) is 25.1 Å². The molecule has 0 N–H and O–H groups in total. The van der Waals surface area contributed by atoms with Crippen molar-refractivity contribution >= 4 is 5.69 Å². The maximum absolute atomic E-state index is 5.89. The number of allylic oxidation sites excluding steroid dienone is 2. The number of hydrogen-bond donors (Lipinski definition) is 0. The van der Waals surface area contributed by atoms with Crippen LogP contribution in [0.5, 0.6) is 0 Å². The maximum atomic E-state index is 5.89. The Balaban J connectivity index is 1.82. The van der Waals surface area contributed by atoms with Crippen LogP contribution in [0.15, 0.2) is 61.2 Å². The normalized spacial score (nSPS) is 16.1. The summed E-state index contributed by atoms with van der Waals surface area (Å²) in [6.45, 7) is 6.40. The summed E-state index contributed by atoms with van der Waals surface area (Å²) in [4.78, 5) is 6.49. The number of hydrogen-bond acceptors (Lipinski definition) is 4. The number of aromatic nitrogens is 3. The van der Waals surface area contributed by atoms with Gasteiger partial charge in [0.1, 0.15) is 12.7 Å². The summed E-state index contributed by atoms with van der Waals surface area (Å²) >= 11 is 0. The summed E-state index contributed by atoms with van der Waals surface area (Å²) in [5, 5.41) is 4.39. The van der Waals surface area contributed by atoms with E-state index < -0.39 is 0 Å². The van der Waals surface area contributed by atoms with Gasteiger partial charge in [0.05, 0.1) is 12.1 Å². The fraction of sp³-hybridized carbons (Fsp3) is 0.429. The Kier molecular flexibility index (Phi) is 6.23. The monoisotopic (exact) mass is 352 g/mol. The van der Waals surface area contributed by atoms with Crippen LogP contribution in [-0.4, -0.2) is 41.1 Å². The van der Waals surface area contributed by atoms with Crippen LogP contribution >= 0.6 is 0 Å². The molecule has 0 radical (unpaired) electrons. The van der Waals surface area contributed by atoms with Crippen LogP contribution in [0.3, 0.4) is 0 Å². The van der Waals surface area contributed by atoms with Crippen molar-refractivity contribution in [3.05, 3.63) is 66.8 Å². The van der Waals surface area contributed by atoms with Gasteiger partial charge in [-0.3, -0.25) is 0 Å². The van der Waals surface area contributed by atoms with Crippen molar-refractivity contribution in [1.82, 2.24) is 14.8 Å². The lowest BCUT2D eigenvalue weighted by molar-refractivity contribution is 0.0337. The van der Waals surface area contributed by atoms with Gasteiger partial charge in [0.2, 0.25) is 0 Å². The Labute approximate surface area is 156 Å². The smallest absolute Gasteiger partial charge is 0.137 e. The van der Waals surface area contributed by atoms with Crippen LogP contribution in [0.25, 0.3) is 0 Å². The Morgan fingerprint density at radius 1 is 1.12 bits per heavy atom. The molecular weight excluding hydrogens is 324 g/mol. The SMILES string of the molecule is CCN(CC)c1ccc(CC(C(OC)C2C=CC=C2)n2cncn2)cc1. The van der Waals surface area contributed by atoms with Crippen LogP contribution in [0.2, 0.25) is 0 Å². The van der Waals surface area contributed by atoms with Crippen LogP contribution in [0.4, 0.5) is 5.69 Å². The van der Waals surface area contributed by atoms with Crippen molar-refractivity contribution in [2.45, 2.75) is 32.4 Å². The molecule has 2 unspecified atom stereocenters. The van der Waals surface area contributed by atoms with Gasteiger partial charge in [-0.15, -0.1) is 0 Å². The zero-order valence-corrected chi connectivity index (χ0v) is 15.8. The highest BCUT2D eigenvalue weighted by atomic mass is 16.5. The van der Waals surface area contributed by atoms with Crippen LogP contribution in [-0.2, 0) is 11.2 Å². The molecule has 0 fully saturated rings. The highest BCUT2D eigenvalue weighted by molar-refractivity contribution is 5.47. The molecule has 2 atom stereocenters. The van der Waals surface area contributed by atoms with E-state index in [0.29, 0.717) is 0 Å². The number of ether oxygens (including phenoxy) is 1. The first-order chi connectivity index (χ1) is 12.8. The molecule has 1 aliphatic carbocycles. The van der Waals surface area contributed by atoms with Crippen molar-refractivity contribution in [3.8, 4) is 0 Å². The Hall–Kier alpha value is -2.40. The first-order valence-electron chi connectivity index (χ1n) is 9.32. The van der Waals surface area contributed by atoms with Crippen molar-refractivity contribution in [1.29, 1.82) is 0 Å². The highest BCUT2D eigenvalue weighted by Crippen LogP contribution is 2.29. The molecule has 26 heavy (non-hydrogen) atoms. The summed E-state index contributed by atoms with van der Waals surface area (Å²) < 4.78 is 7.81. The molecular formula is C21H28N4O. The van der Waals surface area contributed by atoms with E-state index in [1.54, 1.807) is 19.8 Å². The largest absolute Gasteiger partial charge is 0.378 e. The van der Waals surface area contributed by atoms with Crippen molar-refractivity contribution in [3.63, 3.8) is 0 Å². The minimum absolute atomic E-state index is 0.00848. The second kappa shape index (κ2) is 8.81. The second-order valence-corrected chi connectivity index (χ2v) is 6.53. The molecule has 1 heterocycles. The molecule has 0 aliphatic heterocycles. The van der Waals surface area contributed by atoms with E-state index in [0.717, 1.165) is 19.5 Å². The van der Waals surface area contributed by atoms with Crippen molar-refractivity contribution in [2.24, 2.45) is 5.92 Å². The van der Waals surface area contributed by atoms with E-state index >= 15 is 0 Å². The zero-order chi connectivity index (χ0) is 18.4. The first-order valence-corrected chi connectivity index (χ1v) is 9.32. The van der Waals surface area contributed by atoms with Gasteiger partial charge >= 0.3 is 0 Å². The molecule has 0 saturated heterocycles. The third-order valence-corrected chi connectivity index (χ3v) is 5.09. The summed E-state index contributed by atoms with van der Waals surface area (Å²) in [7, 11) is 1.78. The van der Waals surface area contributed by atoms with Crippen molar-refractivity contribution < 1.29 is 4.74 Å². The average molecular weight is 352 g/mol. The summed E-state index contributed by atoms with van der Waals surface area (Å²) in [5.41, 5.74) is 2.54. The molecule has 0 amide bonds. The number of rotatable bonds is 9. The maximum Gasteiger partial charge on any atom is 0.137 e. The minimum atomic E-state index is 0.00848. The van der Waals surface area contributed by atoms with E-state index in [1.165, 1.54) is 11.3 Å². The molecule has 2 aromatic rings. The van der Waals surface area contributed by atoms with Crippen LogP contribution < -0.4 is 4.90 Å². The lowest BCUT2D eigenvalue weighted by Gasteiger charge is -2.29. The van der Waals surface area contributed by atoms with Gasteiger partial charge in [-0.2, -0.15) is 5.10 Å². The summed E-state index contributed by atoms with van der Waals surface area (Å²) in [6, 6.07) is 8.92. The van der Waals surface area contributed by atoms with Gasteiger partial charge in [0, 0.05) is 31.8 Å². The van der Waals surface area contributed by atoms with E-state index in [-0.39, 0.29) is 18.1 Å². The second-order valence-electron chi connectivity index (χ2n) is 6.53. The van der Waals surface area contributed by atoms with E-state index in [4.69, 9.17) is 4.74 Å². The Morgan fingerprint density at radius 3 is 2.35 bits per heavy atom. The van der Waals surface area contributed by atoms with E-state index in [9.17, 15) is 0 Å². The molecule has 1 aliphatic rings. The van der Waals surface area contributed by atoms with Crippen LogP contribution in [0, 0.1) is 5.92 Å². The fourth-order valence-corrected chi connectivity index (χ4v) is 3.66. The zero-order valence-electron chi connectivity index (χ0n) is 15.8. The Morgan fingerprint density at radius 2 is 1.81 bits per heavy atom. The quantitative estimate of drug-likeness (QED) is 0.691. The fourth-order valence-electron chi connectivity index (χ4n) is 3.66. The standard InChI is InChI=1S/C21H28N4O/c1-4-24(5-2)19-12-10-17(11-13-19)14-20(25-16-22-15-23-25)21(26-3)18-8-6-7-9-18/h6-13,15-16,18,20-21H,4-5,14H2,1-3H3. The van der Waals surface area contributed by atoms with Gasteiger partial charge in [-0.1, -0.05) is 36.4 Å². The summed E-state index contributed by atoms with van der Waals surface area (Å²) in [6.07, 6.45) is 12.7. The molecule has 3 rings (SSSR count). The van der Waals surface area contributed by atoms with Gasteiger partial charge in [-0.25, -0.2) is 9.67 Å². The van der Waals surface area contributed by atoms with Gasteiger partial charge < -0.3 is 9.64 Å². The molecule has 1 aromatic heterocycles. The number of benzene rings is 1. The lowest BCUT2D eigenvalue weighted by Crippen LogP contribution is -2.33. The third-order valence-electron chi connectivity index (χ3n) is 5.09. The molecule has 1 aromatic carbocycles. The minimum Gasteiger partial charge on any atom is -0.378 e. The predicted octanol–water partition coefficient (Wildman–Crippen LogP) is 3.67. The number of anilines is 1. The van der Waals surface area contributed by atoms with Gasteiger partial charge in [-0.05, 0) is 38.0 Å². The summed E-state index contributed by atoms with van der Waals surface area (Å²) in [5.74, 6) is 0.254. The molecule has 0 saturated carbocycles. The van der Waals surface area contributed by atoms with Gasteiger partial charge in [0.25, 0.3) is 0 Å². The third kappa shape index (κ3) is 4.05. The number of methoxy groups -OCH3 is 1. The highest BCUT2D eigenvalue weighted by Gasteiger charge is 2.30. The molecule has 5 nitrogen and oxygen atoms in total. The first kappa shape index (κ1) is 18.4. The molecule has 5 heteroatoms. The molecule has 0 spiro atoms. The average Bonchev–Trinajstić information content (AvgIpc) is 3.38. The van der Waals surface area contributed by atoms with E-state index in [1.807, 2.05) is 4.68 Å². The van der Waals surface area contributed by atoms with Gasteiger partial charge in [0.15, 0.2) is 0 Å². The lowest BCUT2D eigenvalue weighted by atomic mass is 9.92. The van der Waals surface area contributed by atoms with Crippen LogP contribution in [0.1, 0.15) is 25.5 Å².